The molecule has 0 saturated carbocycles. The topological polar surface area (TPSA) is 29.5 Å². The van der Waals surface area contributed by atoms with E-state index >= 15 is 0 Å². The van der Waals surface area contributed by atoms with Crippen LogP contribution < -0.4 is 0 Å². The molecule has 0 radical (unpaired) electrons. The highest BCUT2D eigenvalue weighted by Gasteiger charge is 2.12. The molecule has 0 unspecified atom stereocenters. The summed E-state index contributed by atoms with van der Waals surface area (Å²) in [5.74, 6) is 1.25. The standard InChI is InChI=1S/C10H20O2S/c11-6-2-1-3-9-13-10-4-7-12-8-5-10/h10-11H,1-9H2. The van der Waals surface area contributed by atoms with Gasteiger partial charge in [-0.25, -0.2) is 0 Å². The molecule has 2 nitrogen and oxygen atoms in total. The summed E-state index contributed by atoms with van der Waals surface area (Å²) in [5.41, 5.74) is 0. The van der Waals surface area contributed by atoms with E-state index in [2.05, 4.69) is 11.8 Å². The Kier molecular flexibility index (Phi) is 6.68. The van der Waals surface area contributed by atoms with Crippen LogP contribution in [0.25, 0.3) is 0 Å². The summed E-state index contributed by atoms with van der Waals surface area (Å²) in [5, 5.41) is 9.43. The molecule has 0 spiro atoms. The Labute approximate surface area is 85.0 Å². The molecule has 1 N–H and O–H groups in total. The molecule has 0 aliphatic carbocycles. The minimum absolute atomic E-state index is 0.349. The monoisotopic (exact) mass is 204 g/mol. The average molecular weight is 204 g/mol. The minimum Gasteiger partial charge on any atom is -0.396 e. The number of unbranched alkanes of at least 4 members (excludes halogenated alkanes) is 2. The maximum Gasteiger partial charge on any atom is 0.0476 e. The predicted molar refractivity (Wildman–Crippen MR) is 57.2 cm³/mol. The van der Waals surface area contributed by atoms with Gasteiger partial charge in [-0.2, -0.15) is 11.8 Å². The van der Waals surface area contributed by atoms with Crippen molar-refractivity contribution in [3.8, 4) is 0 Å². The first-order valence-corrected chi connectivity index (χ1v) is 6.28. The van der Waals surface area contributed by atoms with Crippen molar-refractivity contribution in [3.63, 3.8) is 0 Å². The van der Waals surface area contributed by atoms with E-state index in [-0.39, 0.29) is 0 Å². The molecular formula is C10H20O2S. The lowest BCUT2D eigenvalue weighted by Gasteiger charge is -2.21. The zero-order valence-electron chi connectivity index (χ0n) is 8.21. The van der Waals surface area contributed by atoms with E-state index in [0.717, 1.165) is 24.9 Å². The van der Waals surface area contributed by atoms with Gasteiger partial charge in [0.1, 0.15) is 0 Å². The van der Waals surface area contributed by atoms with Gasteiger partial charge < -0.3 is 9.84 Å². The number of rotatable bonds is 6. The summed E-state index contributed by atoms with van der Waals surface area (Å²) in [6, 6.07) is 0. The highest BCUT2D eigenvalue weighted by atomic mass is 32.2. The number of aliphatic hydroxyl groups is 1. The van der Waals surface area contributed by atoms with Crippen LogP contribution in [0.3, 0.4) is 0 Å². The van der Waals surface area contributed by atoms with Gasteiger partial charge in [-0.15, -0.1) is 0 Å². The Hall–Kier alpha value is 0.270. The quantitative estimate of drug-likeness (QED) is 0.672. The highest BCUT2D eigenvalue weighted by Crippen LogP contribution is 2.22. The smallest absolute Gasteiger partial charge is 0.0476 e. The van der Waals surface area contributed by atoms with E-state index in [4.69, 9.17) is 9.84 Å². The van der Waals surface area contributed by atoms with E-state index in [9.17, 15) is 0 Å². The van der Waals surface area contributed by atoms with E-state index < -0.39 is 0 Å². The molecule has 0 aromatic heterocycles. The number of hydrogen-bond acceptors (Lipinski definition) is 3. The molecule has 1 aliphatic heterocycles. The summed E-state index contributed by atoms with van der Waals surface area (Å²) in [6.45, 7) is 2.25. The Balaban J connectivity index is 1.86. The van der Waals surface area contributed by atoms with Crippen molar-refractivity contribution in [3.05, 3.63) is 0 Å². The molecular weight excluding hydrogens is 184 g/mol. The lowest BCUT2D eigenvalue weighted by molar-refractivity contribution is 0.100. The Morgan fingerprint density at radius 2 is 1.92 bits per heavy atom. The molecule has 1 heterocycles. The Morgan fingerprint density at radius 3 is 2.62 bits per heavy atom. The normalized spacial score (nSPS) is 19.2. The van der Waals surface area contributed by atoms with E-state index in [0.29, 0.717) is 6.61 Å². The summed E-state index contributed by atoms with van der Waals surface area (Å²) >= 11 is 2.09. The predicted octanol–water partition coefficient (Wildman–Crippen LogP) is 2.06. The van der Waals surface area contributed by atoms with Gasteiger partial charge in [0.15, 0.2) is 0 Å². The number of aliphatic hydroxyl groups excluding tert-OH is 1. The third-order valence-electron chi connectivity index (χ3n) is 2.32. The van der Waals surface area contributed by atoms with Gasteiger partial charge in [-0.05, 0) is 31.4 Å². The largest absolute Gasteiger partial charge is 0.396 e. The molecule has 0 atom stereocenters. The maximum absolute atomic E-state index is 8.59. The fourth-order valence-corrected chi connectivity index (χ4v) is 2.71. The van der Waals surface area contributed by atoms with Gasteiger partial charge in [0.05, 0.1) is 0 Å². The first kappa shape index (κ1) is 11.3. The Morgan fingerprint density at radius 1 is 1.15 bits per heavy atom. The van der Waals surface area contributed by atoms with Crippen LogP contribution in [-0.4, -0.2) is 35.9 Å². The fraction of sp³-hybridized carbons (Fsp3) is 1.00. The molecule has 3 heteroatoms. The van der Waals surface area contributed by atoms with Crippen LogP contribution in [0.15, 0.2) is 0 Å². The summed E-state index contributed by atoms with van der Waals surface area (Å²) in [4.78, 5) is 0. The third-order valence-corrected chi connectivity index (χ3v) is 3.79. The number of thioether (sulfide) groups is 1. The summed E-state index contributed by atoms with van der Waals surface area (Å²) < 4.78 is 5.30. The summed E-state index contributed by atoms with van der Waals surface area (Å²) in [7, 11) is 0. The van der Waals surface area contributed by atoms with Crippen LogP contribution in [0, 0.1) is 0 Å². The van der Waals surface area contributed by atoms with E-state index in [1.54, 1.807) is 0 Å². The van der Waals surface area contributed by atoms with Crippen molar-refractivity contribution in [2.75, 3.05) is 25.6 Å². The van der Waals surface area contributed by atoms with E-state index in [1.165, 1.54) is 31.4 Å². The van der Waals surface area contributed by atoms with Crippen molar-refractivity contribution in [2.24, 2.45) is 0 Å². The number of ether oxygens (including phenoxy) is 1. The molecule has 0 aromatic carbocycles. The Bertz CT molecular complexity index is 113. The van der Waals surface area contributed by atoms with Gasteiger partial charge in [-0.3, -0.25) is 0 Å². The molecule has 1 aliphatic rings. The van der Waals surface area contributed by atoms with Crippen LogP contribution >= 0.6 is 11.8 Å². The van der Waals surface area contributed by atoms with Crippen molar-refractivity contribution in [2.45, 2.75) is 37.4 Å². The van der Waals surface area contributed by atoms with Crippen molar-refractivity contribution in [1.29, 1.82) is 0 Å². The van der Waals surface area contributed by atoms with Crippen LogP contribution in [-0.2, 0) is 4.74 Å². The first-order valence-electron chi connectivity index (χ1n) is 5.23. The van der Waals surface area contributed by atoms with Gasteiger partial charge >= 0.3 is 0 Å². The van der Waals surface area contributed by atoms with Gasteiger partial charge in [0.25, 0.3) is 0 Å². The SMILES string of the molecule is OCCCCCSC1CCOCC1. The molecule has 13 heavy (non-hydrogen) atoms. The first-order chi connectivity index (χ1) is 6.43. The highest BCUT2D eigenvalue weighted by molar-refractivity contribution is 7.99. The summed E-state index contributed by atoms with van der Waals surface area (Å²) in [6.07, 6.45) is 5.85. The van der Waals surface area contributed by atoms with Crippen molar-refractivity contribution < 1.29 is 9.84 Å². The second-order valence-corrected chi connectivity index (χ2v) is 4.88. The second kappa shape index (κ2) is 7.65. The molecule has 1 fully saturated rings. The van der Waals surface area contributed by atoms with Gasteiger partial charge in [0.2, 0.25) is 0 Å². The lowest BCUT2D eigenvalue weighted by Crippen LogP contribution is -2.17. The maximum atomic E-state index is 8.59. The van der Waals surface area contributed by atoms with Crippen LogP contribution in [0.5, 0.6) is 0 Å². The minimum atomic E-state index is 0.349. The fourth-order valence-electron chi connectivity index (χ4n) is 1.48. The van der Waals surface area contributed by atoms with Gasteiger partial charge in [-0.1, -0.05) is 6.42 Å². The molecule has 1 rings (SSSR count). The van der Waals surface area contributed by atoms with Crippen LogP contribution in [0.2, 0.25) is 0 Å². The van der Waals surface area contributed by atoms with Crippen molar-refractivity contribution >= 4 is 11.8 Å². The van der Waals surface area contributed by atoms with E-state index in [1.807, 2.05) is 0 Å². The average Bonchev–Trinajstić information content (AvgIpc) is 2.19. The van der Waals surface area contributed by atoms with Crippen LogP contribution in [0.1, 0.15) is 32.1 Å². The molecule has 1 saturated heterocycles. The molecule has 0 amide bonds. The third kappa shape index (κ3) is 5.55. The zero-order chi connectivity index (χ0) is 9.36. The van der Waals surface area contributed by atoms with Gasteiger partial charge in [0, 0.05) is 25.1 Å². The zero-order valence-corrected chi connectivity index (χ0v) is 9.02. The molecule has 0 aromatic rings. The number of hydrogen-bond donors (Lipinski definition) is 1. The van der Waals surface area contributed by atoms with Crippen LogP contribution in [0.4, 0.5) is 0 Å². The lowest BCUT2D eigenvalue weighted by atomic mass is 10.2. The van der Waals surface area contributed by atoms with Crippen molar-refractivity contribution in [1.82, 2.24) is 0 Å². The molecule has 0 bridgehead atoms. The molecule has 78 valence electrons. The second-order valence-electron chi connectivity index (χ2n) is 3.47.